The molecule has 1 aromatic heterocycles. The lowest BCUT2D eigenvalue weighted by Crippen LogP contribution is -2.49. The zero-order valence-electron chi connectivity index (χ0n) is 15.0. The van der Waals surface area contributed by atoms with Crippen molar-refractivity contribution in [2.24, 2.45) is 0 Å². The number of hydrogen-bond donors (Lipinski definition) is 2. The Morgan fingerprint density at radius 3 is 2.88 bits per heavy atom. The third-order valence-corrected chi connectivity index (χ3v) is 4.61. The molecule has 1 aliphatic heterocycles. The SMILES string of the molecule is COc1ncccc1NC(=O)CC1(O)CCCN(Cc2ccccc2)C1. The first kappa shape index (κ1) is 18.4. The molecule has 0 bridgehead atoms. The highest BCUT2D eigenvalue weighted by atomic mass is 16.5. The molecule has 1 amide bonds. The number of piperidine rings is 1. The van der Waals surface area contributed by atoms with Gasteiger partial charge in [0.05, 0.1) is 19.1 Å². The number of amides is 1. The van der Waals surface area contributed by atoms with Gasteiger partial charge in [-0.2, -0.15) is 0 Å². The summed E-state index contributed by atoms with van der Waals surface area (Å²) in [5.41, 5.74) is 0.703. The van der Waals surface area contributed by atoms with E-state index >= 15 is 0 Å². The second-order valence-corrected chi connectivity index (χ2v) is 6.81. The van der Waals surface area contributed by atoms with Crippen LogP contribution in [0, 0.1) is 0 Å². The van der Waals surface area contributed by atoms with Gasteiger partial charge in [0.15, 0.2) is 0 Å². The minimum absolute atomic E-state index is 0.0519. The van der Waals surface area contributed by atoms with Crippen molar-refractivity contribution in [3.63, 3.8) is 0 Å². The van der Waals surface area contributed by atoms with Crippen molar-refractivity contribution in [1.82, 2.24) is 9.88 Å². The Kier molecular flexibility index (Phi) is 5.85. The van der Waals surface area contributed by atoms with Crippen molar-refractivity contribution in [3.05, 3.63) is 54.2 Å². The summed E-state index contributed by atoms with van der Waals surface area (Å²) in [6.07, 6.45) is 3.14. The predicted octanol–water partition coefficient (Wildman–Crippen LogP) is 2.45. The number of carbonyl (C=O) groups excluding carboxylic acids is 1. The van der Waals surface area contributed by atoms with E-state index in [2.05, 4.69) is 27.3 Å². The first-order chi connectivity index (χ1) is 12.6. The monoisotopic (exact) mass is 355 g/mol. The van der Waals surface area contributed by atoms with Gasteiger partial charge in [-0.25, -0.2) is 4.98 Å². The van der Waals surface area contributed by atoms with Crippen LogP contribution in [0.5, 0.6) is 5.88 Å². The van der Waals surface area contributed by atoms with E-state index in [4.69, 9.17) is 4.74 Å². The topological polar surface area (TPSA) is 74.7 Å². The molecule has 3 rings (SSSR count). The highest BCUT2D eigenvalue weighted by molar-refractivity contribution is 5.92. The van der Waals surface area contributed by atoms with Crippen LogP contribution in [-0.2, 0) is 11.3 Å². The second kappa shape index (κ2) is 8.29. The van der Waals surface area contributed by atoms with Crippen LogP contribution in [-0.4, -0.2) is 46.7 Å². The lowest BCUT2D eigenvalue weighted by Gasteiger charge is -2.39. The molecule has 6 heteroatoms. The summed E-state index contributed by atoms with van der Waals surface area (Å²) in [4.78, 5) is 18.7. The summed E-state index contributed by atoms with van der Waals surface area (Å²) in [6, 6.07) is 13.6. The van der Waals surface area contributed by atoms with Crippen LogP contribution < -0.4 is 10.1 Å². The van der Waals surface area contributed by atoms with E-state index in [1.54, 1.807) is 18.3 Å². The predicted molar refractivity (Wildman–Crippen MR) is 99.9 cm³/mol. The van der Waals surface area contributed by atoms with Crippen molar-refractivity contribution in [3.8, 4) is 5.88 Å². The Morgan fingerprint density at radius 2 is 2.12 bits per heavy atom. The standard InChI is InChI=1S/C20H25N3O3/c1-26-19-17(9-5-11-21-19)22-18(24)13-20(25)10-6-12-23(15-20)14-16-7-3-2-4-8-16/h2-5,7-9,11,25H,6,10,12-15H2,1H3,(H,22,24). The van der Waals surface area contributed by atoms with Gasteiger partial charge in [-0.1, -0.05) is 30.3 Å². The van der Waals surface area contributed by atoms with Crippen LogP contribution in [0.2, 0.25) is 0 Å². The molecule has 0 aliphatic carbocycles. The van der Waals surface area contributed by atoms with Gasteiger partial charge in [0, 0.05) is 19.3 Å². The van der Waals surface area contributed by atoms with E-state index in [1.807, 2.05) is 18.2 Å². The van der Waals surface area contributed by atoms with Crippen molar-refractivity contribution in [2.75, 3.05) is 25.5 Å². The maximum Gasteiger partial charge on any atom is 0.237 e. The summed E-state index contributed by atoms with van der Waals surface area (Å²) in [5, 5.41) is 13.7. The summed E-state index contributed by atoms with van der Waals surface area (Å²) in [5.74, 6) is 0.127. The van der Waals surface area contributed by atoms with Crippen molar-refractivity contribution >= 4 is 11.6 Å². The number of pyridine rings is 1. The highest BCUT2D eigenvalue weighted by Crippen LogP contribution is 2.27. The van der Waals surface area contributed by atoms with E-state index < -0.39 is 5.60 Å². The smallest absolute Gasteiger partial charge is 0.237 e. The fraction of sp³-hybridized carbons (Fsp3) is 0.400. The van der Waals surface area contributed by atoms with Gasteiger partial charge < -0.3 is 15.2 Å². The van der Waals surface area contributed by atoms with Gasteiger partial charge in [0.25, 0.3) is 0 Å². The average molecular weight is 355 g/mol. The molecule has 1 atom stereocenters. The highest BCUT2D eigenvalue weighted by Gasteiger charge is 2.35. The summed E-state index contributed by atoms with van der Waals surface area (Å²) in [7, 11) is 1.51. The first-order valence-electron chi connectivity index (χ1n) is 8.85. The maximum atomic E-state index is 12.4. The minimum Gasteiger partial charge on any atom is -0.480 e. The van der Waals surface area contributed by atoms with Crippen LogP contribution in [0.25, 0.3) is 0 Å². The Labute approximate surface area is 153 Å². The van der Waals surface area contributed by atoms with E-state index in [1.165, 1.54) is 12.7 Å². The molecule has 0 saturated carbocycles. The quantitative estimate of drug-likeness (QED) is 0.832. The third kappa shape index (κ3) is 4.80. The van der Waals surface area contributed by atoms with Crippen molar-refractivity contribution in [2.45, 2.75) is 31.4 Å². The molecule has 138 valence electrons. The Morgan fingerprint density at radius 1 is 1.31 bits per heavy atom. The van der Waals surface area contributed by atoms with Crippen LogP contribution in [0.3, 0.4) is 0 Å². The molecular formula is C20H25N3O3. The van der Waals surface area contributed by atoms with Gasteiger partial charge in [0.1, 0.15) is 5.69 Å². The summed E-state index contributed by atoms with van der Waals surface area (Å²) < 4.78 is 5.15. The number of rotatable bonds is 6. The number of benzene rings is 1. The molecule has 1 aliphatic rings. The fourth-order valence-corrected chi connectivity index (χ4v) is 3.47. The number of carbonyl (C=O) groups is 1. The van der Waals surface area contributed by atoms with Crippen LogP contribution >= 0.6 is 0 Å². The Bertz CT molecular complexity index is 738. The number of β-amino-alcohol motifs (C(OH)–C–C–N with tert-alkyl or cyclic N) is 1. The molecule has 2 heterocycles. The van der Waals surface area contributed by atoms with E-state index in [0.717, 1.165) is 19.5 Å². The molecule has 6 nitrogen and oxygen atoms in total. The molecular weight excluding hydrogens is 330 g/mol. The van der Waals surface area contributed by atoms with Gasteiger partial charge in [0.2, 0.25) is 11.8 Å². The number of ether oxygens (including phenoxy) is 1. The van der Waals surface area contributed by atoms with Gasteiger partial charge >= 0.3 is 0 Å². The number of aliphatic hydroxyl groups is 1. The summed E-state index contributed by atoms with van der Waals surface area (Å²) in [6.45, 7) is 2.19. The van der Waals surface area contributed by atoms with Crippen molar-refractivity contribution in [1.29, 1.82) is 0 Å². The molecule has 2 N–H and O–H groups in total. The molecule has 1 aromatic carbocycles. The fourth-order valence-electron chi connectivity index (χ4n) is 3.47. The zero-order valence-corrected chi connectivity index (χ0v) is 15.0. The average Bonchev–Trinajstić information content (AvgIpc) is 2.62. The van der Waals surface area contributed by atoms with Gasteiger partial charge in [-0.15, -0.1) is 0 Å². The lowest BCUT2D eigenvalue weighted by atomic mass is 9.89. The molecule has 2 aromatic rings. The van der Waals surface area contributed by atoms with Gasteiger partial charge in [-0.05, 0) is 37.1 Å². The minimum atomic E-state index is -1.02. The maximum absolute atomic E-state index is 12.4. The second-order valence-electron chi connectivity index (χ2n) is 6.81. The van der Waals surface area contributed by atoms with E-state index in [-0.39, 0.29) is 12.3 Å². The Balaban J connectivity index is 1.59. The lowest BCUT2D eigenvalue weighted by molar-refractivity contribution is -0.123. The number of likely N-dealkylation sites (tertiary alicyclic amines) is 1. The van der Waals surface area contributed by atoms with Crippen molar-refractivity contribution < 1.29 is 14.6 Å². The molecule has 26 heavy (non-hydrogen) atoms. The van der Waals surface area contributed by atoms with Gasteiger partial charge in [-0.3, -0.25) is 9.69 Å². The molecule has 1 fully saturated rings. The van der Waals surface area contributed by atoms with Crippen LogP contribution in [0.4, 0.5) is 5.69 Å². The van der Waals surface area contributed by atoms with Crippen LogP contribution in [0.1, 0.15) is 24.8 Å². The summed E-state index contributed by atoms with van der Waals surface area (Å²) >= 11 is 0. The normalized spacial score (nSPS) is 20.5. The number of methoxy groups -OCH3 is 1. The number of anilines is 1. The third-order valence-electron chi connectivity index (χ3n) is 4.61. The van der Waals surface area contributed by atoms with Crippen LogP contribution in [0.15, 0.2) is 48.7 Å². The van der Waals surface area contributed by atoms with E-state index in [0.29, 0.717) is 24.5 Å². The Hall–Kier alpha value is -2.44. The number of aromatic nitrogens is 1. The zero-order chi connectivity index (χ0) is 18.4. The first-order valence-corrected chi connectivity index (χ1v) is 8.85. The number of nitrogens with zero attached hydrogens (tertiary/aromatic N) is 2. The number of nitrogens with one attached hydrogen (secondary N) is 1. The number of hydrogen-bond acceptors (Lipinski definition) is 5. The molecule has 1 saturated heterocycles. The molecule has 0 radical (unpaired) electrons. The molecule has 1 unspecified atom stereocenters. The van der Waals surface area contributed by atoms with E-state index in [9.17, 15) is 9.90 Å². The molecule has 0 spiro atoms. The largest absolute Gasteiger partial charge is 0.480 e.